The fraction of sp³-hybridized carbons (Fsp3) is 0.526. The Bertz CT molecular complexity index is 1060. The number of halogens is 2. The molecular weight excluding hydrogens is 380 g/mol. The molecule has 0 spiro atoms. The molecule has 1 saturated carbocycles. The van der Waals surface area contributed by atoms with Crippen LogP contribution in [0.5, 0.6) is 0 Å². The lowest BCUT2D eigenvalue weighted by Crippen LogP contribution is -2.38. The Morgan fingerprint density at radius 2 is 1.83 bits per heavy atom. The van der Waals surface area contributed by atoms with Gasteiger partial charge in [-0.2, -0.15) is 14.7 Å². The minimum atomic E-state index is -2.78. The minimum absolute atomic E-state index is 0.0235. The number of alkyl halides is 2. The molecule has 0 unspecified atom stereocenters. The van der Waals surface area contributed by atoms with Gasteiger partial charge < -0.3 is 4.90 Å². The van der Waals surface area contributed by atoms with Gasteiger partial charge in [0.05, 0.1) is 11.3 Å². The fourth-order valence-electron chi connectivity index (χ4n) is 4.01. The van der Waals surface area contributed by atoms with E-state index in [0.29, 0.717) is 31.8 Å². The number of nitrogens with zero attached hydrogens (tertiary/aromatic N) is 7. The van der Waals surface area contributed by atoms with E-state index in [1.54, 1.807) is 4.90 Å². The van der Waals surface area contributed by atoms with Gasteiger partial charge in [-0.05, 0) is 37.8 Å². The summed E-state index contributed by atoms with van der Waals surface area (Å²) in [5, 5.41) is 17.0. The molecule has 2 fully saturated rings. The van der Waals surface area contributed by atoms with Crippen LogP contribution >= 0.6 is 0 Å². The second-order valence-corrected chi connectivity index (χ2v) is 7.83. The minimum Gasteiger partial charge on any atom is -0.338 e. The topological polar surface area (TPSA) is 81.2 Å². The normalized spacial score (nSPS) is 18.1. The summed E-state index contributed by atoms with van der Waals surface area (Å²) in [6.07, 6.45) is 2.31. The van der Waals surface area contributed by atoms with Crippen LogP contribution in [-0.2, 0) is 7.05 Å². The number of hydrogen-bond acceptors (Lipinski definition) is 5. The lowest BCUT2D eigenvalue weighted by Gasteiger charge is -2.31. The van der Waals surface area contributed by atoms with Crippen LogP contribution < -0.4 is 0 Å². The average Bonchev–Trinajstić information content (AvgIpc) is 3.37. The fourth-order valence-corrected chi connectivity index (χ4v) is 4.01. The van der Waals surface area contributed by atoms with Gasteiger partial charge in [0.15, 0.2) is 11.5 Å². The van der Waals surface area contributed by atoms with Crippen LogP contribution in [0.2, 0.25) is 0 Å². The van der Waals surface area contributed by atoms with Crippen molar-refractivity contribution in [3.8, 4) is 0 Å². The predicted octanol–water partition coefficient (Wildman–Crippen LogP) is 2.69. The quantitative estimate of drug-likeness (QED) is 0.671. The highest BCUT2D eigenvalue weighted by atomic mass is 19.3. The van der Waals surface area contributed by atoms with Crippen LogP contribution in [0.15, 0.2) is 18.3 Å². The van der Waals surface area contributed by atoms with Gasteiger partial charge >= 0.3 is 0 Å². The number of piperidine rings is 1. The molecule has 4 heterocycles. The highest BCUT2D eigenvalue weighted by Gasteiger charge is 2.32. The Hall–Kier alpha value is -2.91. The maximum atomic E-state index is 13.2. The zero-order valence-electron chi connectivity index (χ0n) is 16.0. The highest BCUT2D eigenvalue weighted by Crippen LogP contribution is 2.39. The van der Waals surface area contributed by atoms with E-state index < -0.39 is 18.0 Å². The Morgan fingerprint density at radius 3 is 2.52 bits per heavy atom. The number of hydrogen-bond donors (Lipinski definition) is 0. The third kappa shape index (κ3) is 3.26. The van der Waals surface area contributed by atoms with E-state index in [1.165, 1.54) is 30.8 Å². The third-order valence-electron chi connectivity index (χ3n) is 5.74. The zero-order chi connectivity index (χ0) is 20.1. The van der Waals surface area contributed by atoms with Crippen molar-refractivity contribution in [2.45, 2.75) is 43.9 Å². The Labute approximate surface area is 165 Å². The first-order valence-electron chi connectivity index (χ1n) is 9.84. The van der Waals surface area contributed by atoms with Crippen molar-refractivity contribution in [2.75, 3.05) is 13.1 Å². The van der Waals surface area contributed by atoms with E-state index >= 15 is 0 Å². The number of carbonyl (C=O) groups excluding carboxylic acids is 1. The number of carbonyl (C=O) groups is 1. The van der Waals surface area contributed by atoms with Crippen molar-refractivity contribution in [2.24, 2.45) is 7.05 Å². The molecule has 0 atom stereocenters. The summed E-state index contributed by atoms with van der Waals surface area (Å²) in [5.74, 6) is 1.08. The molecule has 3 aromatic heterocycles. The first kappa shape index (κ1) is 18.1. The molecule has 1 aliphatic heterocycles. The van der Waals surface area contributed by atoms with Crippen LogP contribution in [0.1, 0.15) is 71.5 Å². The second-order valence-electron chi connectivity index (χ2n) is 7.83. The average molecular weight is 401 g/mol. The molecule has 0 N–H and O–H groups in total. The molecule has 10 heteroatoms. The predicted molar refractivity (Wildman–Crippen MR) is 98.8 cm³/mol. The zero-order valence-corrected chi connectivity index (χ0v) is 16.0. The van der Waals surface area contributed by atoms with E-state index in [-0.39, 0.29) is 11.5 Å². The van der Waals surface area contributed by atoms with Crippen molar-refractivity contribution in [3.63, 3.8) is 0 Å². The number of aryl methyl sites for hydroxylation is 1. The SMILES string of the molecule is Cn1cc(C(=O)N2CCC(c3nnc4ccc(C5CC5)nn34)CC2)c(C(F)F)n1. The highest BCUT2D eigenvalue weighted by molar-refractivity contribution is 5.95. The summed E-state index contributed by atoms with van der Waals surface area (Å²) in [5.41, 5.74) is 1.31. The molecule has 0 radical (unpaired) electrons. The van der Waals surface area contributed by atoms with E-state index in [0.717, 1.165) is 17.2 Å². The maximum absolute atomic E-state index is 13.2. The van der Waals surface area contributed by atoms with Gasteiger partial charge in [0, 0.05) is 38.2 Å². The molecule has 29 heavy (non-hydrogen) atoms. The summed E-state index contributed by atoms with van der Waals surface area (Å²) in [6, 6.07) is 3.96. The molecule has 0 aromatic carbocycles. The molecule has 3 aromatic rings. The van der Waals surface area contributed by atoms with E-state index in [1.807, 2.05) is 16.6 Å². The van der Waals surface area contributed by atoms with Gasteiger partial charge in [-0.15, -0.1) is 10.2 Å². The van der Waals surface area contributed by atoms with Crippen LogP contribution in [-0.4, -0.2) is 53.5 Å². The summed E-state index contributed by atoms with van der Waals surface area (Å²) < 4.78 is 29.5. The van der Waals surface area contributed by atoms with Crippen LogP contribution in [0, 0.1) is 0 Å². The first-order chi connectivity index (χ1) is 14.0. The van der Waals surface area contributed by atoms with Crippen molar-refractivity contribution < 1.29 is 13.6 Å². The Kier molecular flexibility index (Phi) is 4.29. The van der Waals surface area contributed by atoms with Crippen LogP contribution in [0.4, 0.5) is 8.78 Å². The monoisotopic (exact) mass is 401 g/mol. The largest absolute Gasteiger partial charge is 0.338 e. The van der Waals surface area contributed by atoms with Crippen molar-refractivity contribution in [1.82, 2.24) is 34.5 Å². The molecule has 1 saturated heterocycles. The van der Waals surface area contributed by atoms with Crippen molar-refractivity contribution >= 4 is 11.6 Å². The Balaban J connectivity index is 1.32. The molecule has 1 amide bonds. The molecule has 5 rings (SSSR count). The van der Waals surface area contributed by atoms with Gasteiger partial charge in [0.25, 0.3) is 12.3 Å². The van der Waals surface area contributed by atoms with Crippen molar-refractivity contribution in [3.05, 3.63) is 41.1 Å². The Morgan fingerprint density at radius 1 is 1.07 bits per heavy atom. The van der Waals surface area contributed by atoms with Crippen LogP contribution in [0.3, 0.4) is 0 Å². The maximum Gasteiger partial charge on any atom is 0.282 e. The number of likely N-dealkylation sites (tertiary alicyclic amines) is 1. The number of aromatic nitrogens is 6. The third-order valence-corrected chi connectivity index (χ3v) is 5.74. The van der Waals surface area contributed by atoms with Gasteiger partial charge in [-0.3, -0.25) is 9.48 Å². The number of amides is 1. The van der Waals surface area contributed by atoms with Gasteiger partial charge in [-0.25, -0.2) is 8.78 Å². The summed E-state index contributed by atoms with van der Waals surface area (Å²) in [4.78, 5) is 14.4. The van der Waals surface area contributed by atoms with Gasteiger partial charge in [0.2, 0.25) is 0 Å². The van der Waals surface area contributed by atoms with Crippen molar-refractivity contribution in [1.29, 1.82) is 0 Å². The summed E-state index contributed by atoms with van der Waals surface area (Å²) >= 11 is 0. The van der Waals surface area contributed by atoms with Gasteiger partial charge in [-0.1, -0.05) is 0 Å². The molecule has 152 valence electrons. The first-order valence-corrected chi connectivity index (χ1v) is 9.84. The summed E-state index contributed by atoms with van der Waals surface area (Å²) in [6.45, 7) is 0.941. The lowest BCUT2D eigenvalue weighted by molar-refractivity contribution is 0.0698. The molecule has 1 aliphatic carbocycles. The molecular formula is C19H21F2N7O. The molecule has 8 nitrogen and oxygen atoms in total. The lowest BCUT2D eigenvalue weighted by atomic mass is 9.95. The van der Waals surface area contributed by atoms with E-state index in [2.05, 4.69) is 15.3 Å². The molecule has 0 bridgehead atoms. The molecule has 2 aliphatic rings. The number of fused-ring (bicyclic) bond motifs is 1. The summed E-state index contributed by atoms with van der Waals surface area (Å²) in [7, 11) is 1.54. The van der Waals surface area contributed by atoms with E-state index in [9.17, 15) is 13.6 Å². The van der Waals surface area contributed by atoms with Gasteiger partial charge in [0.1, 0.15) is 5.69 Å². The number of rotatable bonds is 4. The standard InChI is InChI=1S/C19H21F2N7O/c1-26-10-13(16(25-26)17(20)21)19(29)27-8-6-12(7-9-27)18-23-22-15-5-4-14(11-2-3-11)24-28(15)18/h4-5,10-12,17H,2-3,6-9H2,1H3. The van der Waals surface area contributed by atoms with E-state index in [4.69, 9.17) is 5.10 Å². The van der Waals surface area contributed by atoms with Crippen LogP contribution in [0.25, 0.3) is 5.65 Å². The second kappa shape index (κ2) is 6.85. The smallest absolute Gasteiger partial charge is 0.282 e.